The maximum absolute atomic E-state index is 11.7. The zero-order valence-corrected chi connectivity index (χ0v) is 20.4. The molecule has 0 amide bonds. The van der Waals surface area contributed by atoms with E-state index in [9.17, 15) is 13.7 Å². The van der Waals surface area contributed by atoms with Gasteiger partial charge in [-0.25, -0.2) is 0 Å². The van der Waals surface area contributed by atoms with Crippen molar-refractivity contribution in [2.45, 2.75) is 29.4 Å². The number of hydrogen-bond donors (Lipinski definition) is 0. The van der Waals surface area contributed by atoms with E-state index in [2.05, 4.69) is 23.2 Å². The van der Waals surface area contributed by atoms with Crippen LogP contribution in [0, 0.1) is 17.2 Å². The fourth-order valence-electron chi connectivity index (χ4n) is 3.97. The van der Waals surface area contributed by atoms with Crippen LogP contribution < -0.4 is 4.35 Å². The Morgan fingerprint density at radius 2 is 1.77 bits per heavy atom. The predicted octanol–water partition coefficient (Wildman–Crippen LogP) is 2.87. The molecule has 2 atom stereocenters. The van der Waals surface area contributed by atoms with E-state index in [0.717, 1.165) is 52.4 Å². The number of nitrogens with zero attached hydrogens (tertiary/aromatic N) is 3. The number of aromatic nitrogens is 2. The number of benzene rings is 2. The predicted molar refractivity (Wildman–Crippen MR) is 123 cm³/mol. The third-order valence-corrected chi connectivity index (χ3v) is 10.6. The van der Waals surface area contributed by atoms with Crippen molar-refractivity contribution in [1.82, 2.24) is 10.2 Å². The fraction of sp³-hybridized carbons (Fsp3) is 0.348. The Bertz CT molecular complexity index is 1250. The van der Waals surface area contributed by atoms with Crippen LogP contribution in [-0.4, -0.2) is 53.8 Å². The third kappa shape index (κ3) is 4.82. The summed E-state index contributed by atoms with van der Waals surface area (Å²) in [5.41, 5.74) is 3.06. The van der Waals surface area contributed by atoms with Gasteiger partial charge in [0.25, 0.3) is 0 Å². The van der Waals surface area contributed by atoms with Crippen LogP contribution in [0.5, 0.6) is 0 Å². The summed E-state index contributed by atoms with van der Waals surface area (Å²) in [4.78, 5) is 0.297. The Morgan fingerprint density at radius 1 is 1.10 bits per heavy atom. The number of hydrogen-bond acceptors (Lipinski definition) is 6. The van der Waals surface area contributed by atoms with Crippen LogP contribution in [0.1, 0.15) is 25.5 Å². The standard InChI is InChI=1S/C23H24AsN3O3S/c1-15(16-9-11-30-12-10-16)24-23-20-8-5-18(13-21(20)26-27-22(23)14-25)17-3-6-19(7-4-17)31(2,28)29/h3-8,13,15-16,24H,9-12H2,1-2H3. The zero-order chi connectivity index (χ0) is 22.0. The molecule has 1 aromatic heterocycles. The molecule has 0 radical (unpaired) electrons. The van der Waals surface area contributed by atoms with Gasteiger partial charge in [-0.1, -0.05) is 0 Å². The molecule has 1 aliphatic heterocycles. The van der Waals surface area contributed by atoms with Gasteiger partial charge in [0.15, 0.2) is 0 Å². The van der Waals surface area contributed by atoms with Crippen LogP contribution in [0.25, 0.3) is 22.0 Å². The van der Waals surface area contributed by atoms with Crippen molar-refractivity contribution in [1.29, 1.82) is 5.26 Å². The Balaban J connectivity index is 1.68. The molecule has 31 heavy (non-hydrogen) atoms. The van der Waals surface area contributed by atoms with E-state index in [0.29, 0.717) is 21.2 Å². The SMILES string of the molecule is CC([AsH]c1c(C#N)nnc2cc(-c3ccc(S(C)(=O)=O)cc3)ccc12)C1CCOCC1. The number of sulfone groups is 1. The molecule has 6 nitrogen and oxygen atoms in total. The zero-order valence-electron chi connectivity index (χ0n) is 17.5. The van der Waals surface area contributed by atoms with Crippen LogP contribution >= 0.6 is 0 Å². The molecule has 8 heteroatoms. The Hall–Kier alpha value is -2.26. The molecule has 160 valence electrons. The summed E-state index contributed by atoms with van der Waals surface area (Å²) in [6.45, 7) is 3.94. The van der Waals surface area contributed by atoms with E-state index in [1.807, 2.05) is 18.2 Å². The molecule has 4 rings (SSSR count). The molecule has 1 aliphatic rings. The van der Waals surface area contributed by atoms with Gasteiger partial charge in [-0.05, 0) is 0 Å². The average molecular weight is 497 g/mol. The van der Waals surface area contributed by atoms with Gasteiger partial charge in [0, 0.05) is 0 Å². The van der Waals surface area contributed by atoms with Gasteiger partial charge in [0.1, 0.15) is 0 Å². The van der Waals surface area contributed by atoms with Crippen molar-refractivity contribution in [3.63, 3.8) is 0 Å². The molecular weight excluding hydrogens is 473 g/mol. The van der Waals surface area contributed by atoms with Crippen molar-refractivity contribution >= 4 is 40.8 Å². The fourth-order valence-corrected chi connectivity index (χ4v) is 8.03. The number of nitriles is 1. The quantitative estimate of drug-likeness (QED) is 0.504. The molecule has 0 saturated carbocycles. The summed E-state index contributed by atoms with van der Waals surface area (Å²) >= 11 is -0.585. The summed E-state index contributed by atoms with van der Waals surface area (Å²) < 4.78 is 30.5. The summed E-state index contributed by atoms with van der Waals surface area (Å²) in [5.74, 6) is 0.635. The van der Waals surface area contributed by atoms with Gasteiger partial charge in [0.2, 0.25) is 0 Å². The molecule has 0 aliphatic carbocycles. The van der Waals surface area contributed by atoms with Gasteiger partial charge >= 0.3 is 190 Å². The van der Waals surface area contributed by atoms with Crippen LogP contribution in [0.15, 0.2) is 47.4 Å². The van der Waals surface area contributed by atoms with Gasteiger partial charge in [-0.3, -0.25) is 0 Å². The first-order chi connectivity index (χ1) is 14.9. The molecule has 2 heterocycles. The Morgan fingerprint density at radius 3 is 2.42 bits per heavy atom. The van der Waals surface area contributed by atoms with Crippen LogP contribution in [0.2, 0.25) is 4.71 Å². The molecular formula is C23H24AsN3O3S. The molecule has 1 fully saturated rings. The minimum absolute atomic E-state index is 0.297. The monoisotopic (exact) mass is 497 g/mol. The van der Waals surface area contributed by atoms with Crippen LogP contribution in [-0.2, 0) is 14.6 Å². The second-order valence-electron chi connectivity index (χ2n) is 7.95. The second kappa shape index (κ2) is 9.08. The first kappa shape index (κ1) is 22.0. The first-order valence-electron chi connectivity index (χ1n) is 10.2. The molecule has 1 saturated heterocycles. The van der Waals surface area contributed by atoms with E-state index in [4.69, 9.17) is 4.74 Å². The Kier molecular flexibility index (Phi) is 6.43. The number of rotatable bonds is 5. The number of ether oxygens (including phenoxy) is 1. The van der Waals surface area contributed by atoms with E-state index in [-0.39, 0.29) is 0 Å². The van der Waals surface area contributed by atoms with Gasteiger partial charge in [-0.2, -0.15) is 0 Å². The molecule has 0 spiro atoms. The van der Waals surface area contributed by atoms with Gasteiger partial charge in [-0.15, -0.1) is 0 Å². The van der Waals surface area contributed by atoms with Crippen molar-refractivity contribution in [3.05, 3.63) is 48.2 Å². The molecule has 0 N–H and O–H groups in total. The van der Waals surface area contributed by atoms with Crippen molar-refractivity contribution in [2.24, 2.45) is 5.92 Å². The van der Waals surface area contributed by atoms with E-state index >= 15 is 0 Å². The second-order valence-corrected chi connectivity index (χ2v) is 13.5. The van der Waals surface area contributed by atoms with Crippen molar-refractivity contribution in [2.75, 3.05) is 19.5 Å². The summed E-state index contributed by atoms with van der Waals surface area (Å²) in [5, 5.41) is 19.2. The van der Waals surface area contributed by atoms with Crippen molar-refractivity contribution < 1.29 is 13.2 Å². The molecule has 2 aromatic carbocycles. The van der Waals surface area contributed by atoms with Gasteiger partial charge < -0.3 is 0 Å². The molecule has 2 unspecified atom stereocenters. The maximum atomic E-state index is 11.7. The third-order valence-electron chi connectivity index (χ3n) is 5.83. The normalized spacial score (nSPS) is 16.5. The summed E-state index contributed by atoms with van der Waals surface area (Å²) in [6.07, 6.45) is 3.36. The molecule has 3 aromatic rings. The molecule has 0 bridgehead atoms. The Labute approximate surface area is 189 Å². The van der Waals surface area contributed by atoms with Crippen LogP contribution in [0.4, 0.5) is 0 Å². The number of fused-ring (bicyclic) bond motifs is 1. The minimum atomic E-state index is -3.23. The first-order valence-corrected chi connectivity index (χ1v) is 14.4. The summed E-state index contributed by atoms with van der Waals surface area (Å²) in [6, 6.07) is 15.1. The topological polar surface area (TPSA) is 92.9 Å². The average Bonchev–Trinajstić information content (AvgIpc) is 2.79. The van der Waals surface area contributed by atoms with Crippen molar-refractivity contribution in [3.8, 4) is 17.2 Å². The van der Waals surface area contributed by atoms with E-state index < -0.39 is 25.6 Å². The van der Waals surface area contributed by atoms with E-state index in [1.54, 1.807) is 24.3 Å². The summed E-state index contributed by atoms with van der Waals surface area (Å²) in [7, 11) is -3.23. The van der Waals surface area contributed by atoms with Gasteiger partial charge in [0.05, 0.1) is 0 Å². The van der Waals surface area contributed by atoms with E-state index in [1.165, 1.54) is 6.26 Å². The van der Waals surface area contributed by atoms with Crippen LogP contribution in [0.3, 0.4) is 0 Å².